The van der Waals surface area contributed by atoms with E-state index in [0.717, 1.165) is 0 Å². The molecule has 0 fully saturated rings. The molecule has 0 amide bonds. The van der Waals surface area contributed by atoms with Gasteiger partial charge in [0.1, 0.15) is 0 Å². The van der Waals surface area contributed by atoms with E-state index in [1.807, 2.05) is 0 Å². The molecule has 26 heavy (non-hydrogen) atoms. The monoisotopic (exact) mass is 541 g/mol. The molecule has 0 bridgehead atoms. The van der Waals surface area contributed by atoms with Crippen molar-refractivity contribution in [2.75, 3.05) is 0 Å². The summed E-state index contributed by atoms with van der Waals surface area (Å²) in [4.78, 5) is 0. The van der Waals surface area contributed by atoms with Crippen LogP contribution in [-0.2, 0) is 19.2 Å². The van der Waals surface area contributed by atoms with Crippen molar-refractivity contribution >= 4 is 21.1 Å². The summed E-state index contributed by atoms with van der Waals surface area (Å²) in [7, 11) is 0. The topological polar surface area (TPSA) is 0 Å². The van der Waals surface area contributed by atoms with Gasteiger partial charge >= 0.3 is 168 Å². The fourth-order valence-corrected chi connectivity index (χ4v) is 14.6. The zero-order valence-electron chi connectivity index (χ0n) is 15.5. The summed E-state index contributed by atoms with van der Waals surface area (Å²) >= 11 is -0.208. The van der Waals surface area contributed by atoms with Crippen molar-refractivity contribution in [3.63, 3.8) is 0 Å². The number of rotatable bonds is 4. The Morgan fingerprint density at radius 1 is 0.615 bits per heavy atom. The SMILES string of the molecule is CC(C)(C)C#[C][Au][PH](c1ccccc1)(c1ccccc1)c1ccccc1. The summed E-state index contributed by atoms with van der Waals surface area (Å²) < 4.78 is 3.67. The van der Waals surface area contributed by atoms with Gasteiger partial charge < -0.3 is 0 Å². The normalized spacial score (nSPS) is 12.3. The maximum atomic E-state index is 3.67. The molecule has 0 nitrogen and oxygen atoms in total. The predicted octanol–water partition coefficient (Wildman–Crippen LogP) is 4.72. The Hall–Kier alpha value is -1.61. The Kier molecular flexibility index (Phi) is 6.18. The fraction of sp³-hybridized carbons (Fsp3) is 0.167. The van der Waals surface area contributed by atoms with Crippen molar-refractivity contribution in [1.82, 2.24) is 0 Å². The third-order valence-electron chi connectivity index (χ3n) is 4.01. The van der Waals surface area contributed by atoms with Crippen LogP contribution >= 0.6 is 5.15 Å². The zero-order chi connectivity index (χ0) is 18.5. The first-order chi connectivity index (χ1) is 12.5. The molecule has 0 heterocycles. The van der Waals surface area contributed by atoms with E-state index in [9.17, 15) is 0 Å². The fourth-order valence-electron chi connectivity index (χ4n) is 2.78. The molecule has 0 aliphatic rings. The molecule has 0 saturated carbocycles. The first-order valence-electron chi connectivity index (χ1n) is 8.78. The van der Waals surface area contributed by atoms with E-state index in [0.29, 0.717) is 0 Å². The van der Waals surface area contributed by atoms with Crippen LogP contribution in [0.1, 0.15) is 20.8 Å². The van der Waals surface area contributed by atoms with E-state index >= 15 is 0 Å². The van der Waals surface area contributed by atoms with Gasteiger partial charge in [0.25, 0.3) is 0 Å². The molecule has 0 saturated heterocycles. The van der Waals surface area contributed by atoms with Crippen molar-refractivity contribution in [3.8, 4) is 10.1 Å². The van der Waals surface area contributed by atoms with Crippen molar-refractivity contribution in [2.45, 2.75) is 20.8 Å². The molecule has 0 N–H and O–H groups in total. The van der Waals surface area contributed by atoms with Crippen LogP contribution in [0.25, 0.3) is 0 Å². The van der Waals surface area contributed by atoms with Gasteiger partial charge in [-0.1, -0.05) is 0 Å². The molecule has 3 rings (SSSR count). The van der Waals surface area contributed by atoms with Crippen molar-refractivity contribution < 1.29 is 19.2 Å². The van der Waals surface area contributed by atoms with Crippen molar-refractivity contribution in [3.05, 3.63) is 91.0 Å². The summed E-state index contributed by atoms with van der Waals surface area (Å²) in [6, 6.07) is 33.2. The number of hydrogen-bond acceptors (Lipinski definition) is 0. The standard InChI is InChI=1S/C18H15P.C6H9.Au/c1-4-10-16(11-5-1)19(17-12-6-2-7-13-17)18-14-8-3-9-15-18;1-5-6(2,3)4;/h1-15H;2-4H3;/q;;-1/p+1. The molecule has 3 aromatic carbocycles. The van der Waals surface area contributed by atoms with E-state index in [1.165, 1.54) is 15.9 Å². The minimum atomic E-state index is -2.10. The molecule has 0 atom stereocenters. The molecule has 2 heteroatoms. The third kappa shape index (κ3) is 4.37. The molecule has 0 aliphatic carbocycles. The molecular weight excluding hydrogens is 516 g/mol. The molecule has 137 valence electrons. The number of benzene rings is 3. The molecule has 0 radical (unpaired) electrons. The van der Waals surface area contributed by atoms with Gasteiger partial charge in [-0.25, -0.2) is 0 Å². The van der Waals surface area contributed by atoms with Crippen LogP contribution in [0.5, 0.6) is 0 Å². The maximum absolute atomic E-state index is 3.67. The molecule has 3 aromatic rings. The van der Waals surface area contributed by atoms with Gasteiger partial charge in [0.05, 0.1) is 0 Å². The molecule has 0 spiro atoms. The summed E-state index contributed by atoms with van der Waals surface area (Å²) in [5.41, 5.74) is 0.0424. The van der Waals surface area contributed by atoms with Crippen LogP contribution in [0, 0.1) is 15.5 Å². The second-order valence-corrected chi connectivity index (χ2v) is 17.4. The Labute approximate surface area is 167 Å². The minimum absolute atomic E-state index is 0.0424. The number of hydrogen-bond donors (Lipinski definition) is 0. The Morgan fingerprint density at radius 3 is 1.27 bits per heavy atom. The predicted molar refractivity (Wildman–Crippen MR) is 114 cm³/mol. The van der Waals surface area contributed by atoms with E-state index < -0.39 is 5.15 Å². The average molecular weight is 541 g/mol. The molecular formula is C24H25AuP. The van der Waals surface area contributed by atoms with E-state index in [1.54, 1.807) is 0 Å². The Balaban J connectivity index is 2.26. The first kappa shape index (κ1) is 19.2. The third-order valence-corrected chi connectivity index (χ3v) is 16.7. The second-order valence-electron chi connectivity index (χ2n) is 7.22. The van der Waals surface area contributed by atoms with E-state index in [4.69, 9.17) is 0 Å². The Bertz CT molecular complexity index is 788. The van der Waals surface area contributed by atoms with Crippen LogP contribution < -0.4 is 15.9 Å². The van der Waals surface area contributed by atoms with Gasteiger partial charge in [0.2, 0.25) is 0 Å². The summed E-state index contributed by atoms with van der Waals surface area (Å²) in [6.07, 6.45) is 0. The van der Waals surface area contributed by atoms with Crippen LogP contribution in [0.2, 0.25) is 0 Å². The van der Waals surface area contributed by atoms with Crippen molar-refractivity contribution in [1.29, 1.82) is 0 Å². The van der Waals surface area contributed by atoms with Crippen LogP contribution in [0.15, 0.2) is 91.0 Å². The Morgan fingerprint density at radius 2 is 0.962 bits per heavy atom. The van der Waals surface area contributed by atoms with Crippen LogP contribution in [0.3, 0.4) is 0 Å². The molecule has 0 aromatic heterocycles. The van der Waals surface area contributed by atoms with Gasteiger partial charge in [-0.05, 0) is 0 Å². The quantitative estimate of drug-likeness (QED) is 0.255. The first-order valence-corrected chi connectivity index (χ1v) is 14.9. The second kappa shape index (κ2) is 8.39. The van der Waals surface area contributed by atoms with Gasteiger partial charge in [-0.2, -0.15) is 0 Å². The summed E-state index contributed by atoms with van der Waals surface area (Å²) in [6.45, 7) is 6.58. The van der Waals surface area contributed by atoms with Gasteiger partial charge in [0, 0.05) is 0 Å². The van der Waals surface area contributed by atoms with Crippen molar-refractivity contribution in [2.24, 2.45) is 5.41 Å². The molecule has 0 unspecified atom stereocenters. The van der Waals surface area contributed by atoms with Gasteiger partial charge in [0.15, 0.2) is 0 Å². The zero-order valence-corrected chi connectivity index (χ0v) is 18.6. The van der Waals surface area contributed by atoms with Gasteiger partial charge in [-0.3, -0.25) is 0 Å². The van der Waals surface area contributed by atoms with E-state index in [2.05, 4.69) is 122 Å². The van der Waals surface area contributed by atoms with E-state index in [-0.39, 0.29) is 24.6 Å². The summed E-state index contributed by atoms with van der Waals surface area (Å²) in [5.74, 6) is 3.51. The molecule has 0 aliphatic heterocycles. The summed E-state index contributed by atoms with van der Waals surface area (Å²) in [5, 5.41) is 2.28. The van der Waals surface area contributed by atoms with Gasteiger partial charge in [-0.15, -0.1) is 0 Å². The average Bonchev–Trinajstić information content (AvgIpc) is 2.67. The van der Waals surface area contributed by atoms with Crippen LogP contribution in [-0.4, -0.2) is 0 Å². The van der Waals surface area contributed by atoms with Crippen LogP contribution in [0.4, 0.5) is 0 Å².